The standard InChI is InChI=1S/C33H27N5O5.C31H21Cl2N5O5.C31H21N7O10.3CH4/c1-19-4-10-24(11-5-19)34-32(40)22-9-15-27-23(16-22)17-28(33(41)35-25-12-6-20(2)7-13-25)31(39)30(27)37-36-29-18-26(38(42)43)14-8-21(29)3;1-17-2-12-24(38(42)43)16-27(17)36-37-28-25-13-3-18(30(40)34-22-8-4-20(32)5-9-22)14-19(25)15-26(29(28)39)31(41)35-23-10-6-21(33)7-11-23;1-48-27-11-9-23(38(46)47)16-26(27)34-35-28-24-10-8-17(30(40)32-19-4-2-6-21(14-19)36(42)43)12-18(24)13-25(29(28)39)31(41)33-20-5-3-7-22(15-20)37(44)45;;;/h4-18,39H,1-3H3,(H,34,40)(H,35,41);2-16,39H,1H3,(H,34,40)(H,35,41);2-16,39H,1H3,(H,32,40)(H,33,41);3*1H4. The maximum Gasteiger partial charge on any atom is 0.271 e. The van der Waals surface area contributed by atoms with Crippen LogP contribution in [0.25, 0.3) is 32.3 Å². The summed E-state index contributed by atoms with van der Waals surface area (Å²) in [6.07, 6.45) is 0. The van der Waals surface area contributed by atoms with Gasteiger partial charge in [0, 0.05) is 138 Å². The van der Waals surface area contributed by atoms with E-state index in [-0.39, 0.29) is 146 Å². The third-order valence-electron chi connectivity index (χ3n) is 20.2. The monoisotopic (exact) mass is 1890 g/mol. The fourth-order valence-corrected chi connectivity index (χ4v) is 13.4. The molecule has 0 aromatic heterocycles. The van der Waals surface area contributed by atoms with Gasteiger partial charge in [0.1, 0.15) is 28.5 Å². The summed E-state index contributed by atoms with van der Waals surface area (Å²) in [5, 5.41) is 134. The first-order valence-electron chi connectivity index (χ1n) is 39.6. The van der Waals surface area contributed by atoms with Crippen LogP contribution in [0.4, 0.5) is 96.7 Å². The van der Waals surface area contributed by atoms with Crippen molar-refractivity contribution < 1.29 is 73.4 Å². The molecular weight excluding hydrogens is 1810 g/mol. The van der Waals surface area contributed by atoms with E-state index in [0.29, 0.717) is 71.0 Å². The predicted octanol–water partition coefficient (Wildman–Crippen LogP) is 26.4. The van der Waals surface area contributed by atoms with Crippen molar-refractivity contribution in [2.45, 2.75) is 50.0 Å². The van der Waals surface area contributed by atoms with Gasteiger partial charge in [0.15, 0.2) is 17.2 Å². The number of aryl methyl sites for hydroxylation is 4. The van der Waals surface area contributed by atoms with Gasteiger partial charge >= 0.3 is 0 Å². The fourth-order valence-electron chi connectivity index (χ4n) is 13.1. The number of carbonyl (C=O) groups is 6. The molecule has 15 aromatic carbocycles. The Morgan fingerprint density at radius 3 is 0.883 bits per heavy atom. The van der Waals surface area contributed by atoms with Gasteiger partial charge in [0.05, 0.1) is 59.8 Å². The Bertz CT molecular complexity index is 7130. The van der Waals surface area contributed by atoms with Crippen LogP contribution < -0.4 is 36.6 Å². The molecule has 6 amide bonds. The summed E-state index contributed by atoms with van der Waals surface area (Å²) in [5.74, 6) is -5.02. The number of fused-ring (bicyclic) bond motifs is 3. The van der Waals surface area contributed by atoms with E-state index in [1.165, 1.54) is 135 Å². The highest BCUT2D eigenvalue weighted by Gasteiger charge is 2.27. The van der Waals surface area contributed by atoms with Crippen molar-refractivity contribution in [1.82, 2.24) is 0 Å². The van der Waals surface area contributed by atoms with Gasteiger partial charge in [0.25, 0.3) is 63.9 Å². The van der Waals surface area contributed by atoms with Crippen LogP contribution >= 0.6 is 23.2 Å². The second-order valence-corrected chi connectivity index (χ2v) is 30.3. The number of ether oxygens (including phenoxy) is 1. The van der Waals surface area contributed by atoms with Crippen molar-refractivity contribution in [3.05, 3.63) is 389 Å². The number of phenolic OH excluding ortho intramolecular Hbond substituents is 3. The summed E-state index contributed by atoms with van der Waals surface area (Å²) in [7, 11) is 1.31. The Balaban J connectivity index is 0.000000210. The maximum atomic E-state index is 13.4. The van der Waals surface area contributed by atoms with Crippen molar-refractivity contribution >= 4 is 188 Å². The summed E-state index contributed by atoms with van der Waals surface area (Å²) in [6, 6.07) is 67.7. The molecule has 0 heterocycles. The minimum atomic E-state index is -0.897. The highest BCUT2D eigenvalue weighted by Crippen LogP contribution is 2.46. The highest BCUT2D eigenvalue weighted by molar-refractivity contribution is 6.31. The number of carbonyl (C=O) groups excluding carboxylic acids is 6. The van der Waals surface area contributed by atoms with Gasteiger partial charge in [-0.15, -0.1) is 30.7 Å². The quantitative estimate of drug-likeness (QED) is 0.0154. The van der Waals surface area contributed by atoms with E-state index < -0.39 is 71.4 Å². The lowest BCUT2D eigenvalue weighted by Gasteiger charge is -2.13. The number of nitro groups is 5. The predicted molar refractivity (Wildman–Crippen MR) is 524 cm³/mol. The lowest BCUT2D eigenvalue weighted by Crippen LogP contribution is -2.13. The molecule has 39 heteroatoms. The summed E-state index contributed by atoms with van der Waals surface area (Å²) >= 11 is 11.9. The molecule has 15 rings (SSSR count). The number of anilines is 6. The first-order valence-corrected chi connectivity index (χ1v) is 40.4. The van der Waals surface area contributed by atoms with E-state index in [4.69, 9.17) is 27.9 Å². The Morgan fingerprint density at radius 1 is 0.299 bits per heavy atom. The van der Waals surface area contributed by atoms with Crippen LogP contribution in [-0.2, 0) is 0 Å². The molecule has 37 nitrogen and oxygen atoms in total. The summed E-state index contributed by atoms with van der Waals surface area (Å²) in [5.41, 5.74) is 4.52. The van der Waals surface area contributed by atoms with Gasteiger partial charge < -0.3 is 52.0 Å². The van der Waals surface area contributed by atoms with E-state index in [9.17, 15) is 94.7 Å². The maximum absolute atomic E-state index is 13.4. The number of hydrogen-bond donors (Lipinski definition) is 9. The second-order valence-electron chi connectivity index (χ2n) is 29.4. The molecule has 0 aliphatic heterocycles. The molecule has 0 saturated carbocycles. The fraction of sp³-hybridized carbons (Fsp3) is 0.0816. The second kappa shape index (κ2) is 44.4. The minimum absolute atomic E-state index is 0. The van der Waals surface area contributed by atoms with Gasteiger partial charge in [0.2, 0.25) is 0 Å². The van der Waals surface area contributed by atoms with E-state index in [1.54, 1.807) is 123 Å². The van der Waals surface area contributed by atoms with Crippen molar-refractivity contribution in [1.29, 1.82) is 0 Å². The van der Waals surface area contributed by atoms with Crippen molar-refractivity contribution in [2.75, 3.05) is 39.0 Å². The molecule has 0 unspecified atom stereocenters. The number of halogens is 2. The van der Waals surface area contributed by atoms with Crippen LogP contribution in [0.15, 0.2) is 304 Å². The van der Waals surface area contributed by atoms with Crippen molar-refractivity contribution in [2.24, 2.45) is 30.7 Å². The average Bonchev–Trinajstić information content (AvgIpc) is 0.775. The van der Waals surface area contributed by atoms with E-state index in [0.717, 1.165) is 23.3 Å². The van der Waals surface area contributed by atoms with Gasteiger partial charge in [-0.05, 0) is 201 Å². The smallest absolute Gasteiger partial charge is 0.271 e. The molecule has 0 bridgehead atoms. The molecule has 9 N–H and O–H groups in total. The third-order valence-corrected chi connectivity index (χ3v) is 20.7. The number of azo groups is 3. The van der Waals surface area contributed by atoms with Crippen molar-refractivity contribution in [3.63, 3.8) is 0 Å². The molecule has 0 atom stereocenters. The molecule has 0 aliphatic carbocycles. The van der Waals surface area contributed by atoms with E-state index >= 15 is 0 Å². The molecule has 0 saturated heterocycles. The molecule has 15 aromatic rings. The van der Waals surface area contributed by atoms with Crippen LogP contribution in [0, 0.1) is 78.3 Å². The molecule has 0 radical (unpaired) electrons. The van der Waals surface area contributed by atoms with Gasteiger partial charge in [-0.1, -0.05) is 123 Å². The number of non-ortho nitro benzene ring substituents is 5. The van der Waals surface area contributed by atoms with Gasteiger partial charge in [-0.2, -0.15) is 0 Å². The Hall–Kier alpha value is -18.5. The molecule has 137 heavy (non-hydrogen) atoms. The number of nitrogens with zero attached hydrogens (tertiary/aromatic N) is 11. The van der Waals surface area contributed by atoms with Crippen LogP contribution in [-0.4, -0.2) is 82.5 Å². The average molecular weight is 1890 g/mol. The zero-order valence-corrected chi connectivity index (χ0v) is 71.9. The number of amides is 6. The van der Waals surface area contributed by atoms with Crippen LogP contribution in [0.5, 0.6) is 23.0 Å². The van der Waals surface area contributed by atoms with E-state index in [1.807, 2.05) is 38.1 Å². The number of nitrogens with one attached hydrogen (secondary N) is 6. The summed E-state index contributed by atoms with van der Waals surface area (Å²) in [6.45, 7) is 7.30. The number of phenols is 3. The van der Waals surface area contributed by atoms with Crippen LogP contribution in [0.3, 0.4) is 0 Å². The number of benzene rings is 15. The largest absolute Gasteiger partial charge is 0.505 e. The third kappa shape index (κ3) is 24.6. The molecule has 0 spiro atoms. The van der Waals surface area contributed by atoms with Crippen molar-refractivity contribution in [3.8, 4) is 23.0 Å². The highest BCUT2D eigenvalue weighted by atomic mass is 35.5. The molecule has 0 aliphatic rings. The van der Waals surface area contributed by atoms with Crippen LogP contribution in [0.2, 0.25) is 10.0 Å². The first-order chi connectivity index (χ1) is 64.1. The van der Waals surface area contributed by atoms with E-state index in [2.05, 4.69) is 62.6 Å². The number of methoxy groups -OCH3 is 1. The molecule has 692 valence electrons. The zero-order chi connectivity index (χ0) is 95.9. The SMILES string of the molecule is C.C.C.COc1ccc([N+](=O)[O-])cc1N=Nc1c(O)c(C(=O)Nc2cccc([N+](=O)[O-])c2)cc2cc(C(=O)Nc3cccc([N+](=O)[O-])c3)ccc12.Cc1ccc(NC(=O)c2ccc3c(N=Nc4cc([N+](=O)[O-])ccc4C)c(O)c(C(=O)Nc4ccc(C)cc4)cc3c2)cc1.Cc1ccc([N+](=O)[O-])cc1N=Nc1c(O)c(C(=O)Nc2ccc(Cl)cc2)cc2cc(C(=O)Nc3ccc(Cl)cc3)ccc12. The first kappa shape index (κ1) is 101. The van der Waals surface area contributed by atoms with Gasteiger partial charge in [-0.3, -0.25) is 79.3 Å². The molecular formula is C98H81Cl2N17O20. The number of rotatable bonds is 24. The Kier molecular flexibility index (Phi) is 32.6. The topological polar surface area (TPSA) is 534 Å². The lowest BCUT2D eigenvalue weighted by atomic mass is 10.00. The minimum Gasteiger partial charge on any atom is -0.505 e. The lowest BCUT2D eigenvalue weighted by molar-refractivity contribution is -0.385. The Morgan fingerprint density at radius 2 is 0.569 bits per heavy atom. The number of aromatic hydroxyl groups is 3. The summed E-state index contributed by atoms with van der Waals surface area (Å²) in [4.78, 5) is 133. The Labute approximate surface area is 788 Å². The zero-order valence-electron chi connectivity index (χ0n) is 70.4. The van der Waals surface area contributed by atoms with Gasteiger partial charge in [-0.25, -0.2) is 0 Å². The molecule has 0 fully saturated rings. The van der Waals surface area contributed by atoms with Crippen LogP contribution in [0.1, 0.15) is 107 Å². The number of hydrogen-bond acceptors (Lipinski definition) is 26. The number of nitro benzene ring substituents is 5. The summed E-state index contributed by atoms with van der Waals surface area (Å²) < 4.78 is 5.22. The normalized spacial score (nSPS) is 10.7.